The van der Waals surface area contributed by atoms with Crippen LogP contribution in [-0.2, 0) is 9.59 Å². The first-order chi connectivity index (χ1) is 10.0. The van der Waals surface area contributed by atoms with Gasteiger partial charge in [0.1, 0.15) is 0 Å². The Morgan fingerprint density at radius 3 is 2.57 bits per heavy atom. The van der Waals surface area contributed by atoms with Crippen LogP contribution in [0.2, 0.25) is 0 Å². The molecule has 0 unspecified atom stereocenters. The van der Waals surface area contributed by atoms with Crippen LogP contribution in [0.3, 0.4) is 0 Å². The van der Waals surface area contributed by atoms with E-state index in [2.05, 4.69) is 15.5 Å². The van der Waals surface area contributed by atoms with Gasteiger partial charge in [0, 0.05) is 26.1 Å². The summed E-state index contributed by atoms with van der Waals surface area (Å²) in [5, 5.41) is 5.75. The van der Waals surface area contributed by atoms with Crippen molar-refractivity contribution in [1.82, 2.24) is 10.2 Å². The quantitative estimate of drug-likeness (QED) is 0.716. The molecule has 1 aliphatic heterocycles. The summed E-state index contributed by atoms with van der Waals surface area (Å²) in [6, 6.07) is 7.44. The van der Waals surface area contributed by atoms with Gasteiger partial charge in [0.25, 0.3) is 0 Å². The molecule has 0 saturated carbocycles. The molecular weight excluding hydrogens is 268 g/mol. The van der Waals surface area contributed by atoms with Crippen molar-refractivity contribution in [2.45, 2.75) is 25.8 Å². The Balaban J connectivity index is 1.77. The number of nitrogens with zero attached hydrogens (tertiary/aromatic N) is 1. The molecule has 21 heavy (non-hydrogen) atoms. The Morgan fingerprint density at radius 2 is 1.95 bits per heavy atom. The van der Waals surface area contributed by atoms with E-state index in [-0.39, 0.29) is 17.9 Å². The summed E-state index contributed by atoms with van der Waals surface area (Å²) < 4.78 is 0. The summed E-state index contributed by atoms with van der Waals surface area (Å²) in [5.74, 6) is -0.0587. The van der Waals surface area contributed by atoms with Crippen molar-refractivity contribution in [3.8, 4) is 0 Å². The minimum absolute atomic E-state index is 0.00532. The first-order valence-corrected chi connectivity index (χ1v) is 7.18. The van der Waals surface area contributed by atoms with Gasteiger partial charge in [-0.05, 0) is 25.0 Å². The smallest absolute Gasteiger partial charge is 0.238 e. The van der Waals surface area contributed by atoms with Crippen molar-refractivity contribution in [1.29, 1.82) is 0 Å². The van der Waals surface area contributed by atoms with Gasteiger partial charge in [-0.1, -0.05) is 12.1 Å². The Hall–Kier alpha value is -2.08. The molecule has 0 spiro atoms. The van der Waals surface area contributed by atoms with E-state index >= 15 is 0 Å². The molecule has 4 N–H and O–H groups in total. The fourth-order valence-corrected chi connectivity index (χ4v) is 2.53. The monoisotopic (exact) mass is 290 g/mol. The van der Waals surface area contributed by atoms with E-state index in [4.69, 9.17) is 5.73 Å². The highest BCUT2D eigenvalue weighted by molar-refractivity contribution is 5.95. The molecule has 0 bridgehead atoms. The third kappa shape index (κ3) is 4.75. The first kappa shape index (κ1) is 15.3. The van der Waals surface area contributed by atoms with Crippen LogP contribution < -0.4 is 16.4 Å². The molecule has 114 valence electrons. The predicted octanol–water partition coefficient (Wildman–Crippen LogP) is 0.808. The summed E-state index contributed by atoms with van der Waals surface area (Å²) in [4.78, 5) is 25.1. The number of hydrogen-bond acceptors (Lipinski definition) is 4. The highest BCUT2D eigenvalue weighted by Crippen LogP contribution is 2.17. The van der Waals surface area contributed by atoms with Crippen LogP contribution in [0.25, 0.3) is 0 Å². The lowest BCUT2D eigenvalue weighted by atomic mass is 10.1. The zero-order chi connectivity index (χ0) is 15.2. The van der Waals surface area contributed by atoms with Crippen molar-refractivity contribution in [3.05, 3.63) is 24.3 Å². The van der Waals surface area contributed by atoms with Gasteiger partial charge in [-0.3, -0.25) is 14.5 Å². The van der Waals surface area contributed by atoms with Crippen LogP contribution in [0.15, 0.2) is 24.3 Å². The largest absolute Gasteiger partial charge is 0.397 e. The first-order valence-electron chi connectivity index (χ1n) is 7.18. The minimum atomic E-state index is -0.0640. The van der Waals surface area contributed by atoms with Gasteiger partial charge in [-0.25, -0.2) is 0 Å². The average molecular weight is 290 g/mol. The number of nitrogens with one attached hydrogen (secondary N) is 2. The van der Waals surface area contributed by atoms with E-state index in [1.807, 2.05) is 12.1 Å². The number of hydrogen-bond donors (Lipinski definition) is 3. The van der Waals surface area contributed by atoms with Gasteiger partial charge in [0.05, 0.1) is 17.9 Å². The predicted molar refractivity (Wildman–Crippen MR) is 82.8 cm³/mol. The lowest BCUT2D eigenvalue weighted by Crippen LogP contribution is -2.46. The number of nitrogens with two attached hydrogens (primary N) is 1. The number of benzene rings is 1. The number of anilines is 2. The second kappa shape index (κ2) is 7.08. The van der Waals surface area contributed by atoms with Gasteiger partial charge >= 0.3 is 0 Å². The third-order valence-electron chi connectivity index (χ3n) is 3.60. The van der Waals surface area contributed by atoms with Crippen LogP contribution in [-0.4, -0.2) is 42.4 Å². The van der Waals surface area contributed by atoms with Crippen LogP contribution in [0.1, 0.15) is 19.8 Å². The van der Waals surface area contributed by atoms with E-state index < -0.39 is 0 Å². The van der Waals surface area contributed by atoms with Crippen LogP contribution in [0.4, 0.5) is 11.4 Å². The molecule has 1 saturated heterocycles. The summed E-state index contributed by atoms with van der Waals surface area (Å²) in [6.07, 6.45) is 1.75. The van der Waals surface area contributed by atoms with Crippen molar-refractivity contribution < 1.29 is 9.59 Å². The normalized spacial score (nSPS) is 16.4. The fourth-order valence-electron chi connectivity index (χ4n) is 2.53. The second-order valence-electron chi connectivity index (χ2n) is 5.39. The number of carbonyl (C=O) groups excluding carboxylic acids is 2. The number of amides is 2. The van der Waals surface area contributed by atoms with Crippen molar-refractivity contribution >= 4 is 23.2 Å². The van der Waals surface area contributed by atoms with E-state index in [0.29, 0.717) is 17.9 Å². The Morgan fingerprint density at radius 1 is 1.29 bits per heavy atom. The van der Waals surface area contributed by atoms with Crippen molar-refractivity contribution in [2.75, 3.05) is 30.7 Å². The summed E-state index contributed by atoms with van der Waals surface area (Å²) in [6.45, 7) is 3.50. The van der Waals surface area contributed by atoms with Crippen LogP contribution in [0, 0.1) is 0 Å². The Bertz CT molecular complexity index is 510. The number of nitrogen functional groups attached to an aromatic ring is 1. The molecule has 1 aromatic carbocycles. The highest BCUT2D eigenvalue weighted by atomic mass is 16.2. The maximum atomic E-state index is 12.0. The van der Waals surface area contributed by atoms with Crippen LogP contribution >= 0.6 is 0 Å². The molecule has 2 rings (SSSR count). The molecule has 1 heterocycles. The van der Waals surface area contributed by atoms with Gasteiger partial charge in [0.2, 0.25) is 11.8 Å². The molecule has 0 aliphatic carbocycles. The Kier molecular flexibility index (Phi) is 5.16. The summed E-state index contributed by atoms with van der Waals surface area (Å²) in [5.41, 5.74) is 7.01. The lowest BCUT2D eigenvalue weighted by Gasteiger charge is -2.31. The second-order valence-corrected chi connectivity index (χ2v) is 5.39. The number of likely N-dealkylation sites (tertiary alicyclic amines) is 1. The van der Waals surface area contributed by atoms with Crippen LogP contribution in [0.5, 0.6) is 0 Å². The zero-order valence-corrected chi connectivity index (χ0v) is 12.3. The maximum Gasteiger partial charge on any atom is 0.238 e. The molecule has 2 amide bonds. The fraction of sp³-hybridized carbons (Fsp3) is 0.467. The van der Waals surface area contributed by atoms with Crippen molar-refractivity contribution in [3.63, 3.8) is 0 Å². The van der Waals surface area contributed by atoms with Gasteiger partial charge in [0.15, 0.2) is 0 Å². The van der Waals surface area contributed by atoms with Gasteiger partial charge in [-0.2, -0.15) is 0 Å². The van der Waals surface area contributed by atoms with E-state index in [0.717, 1.165) is 25.9 Å². The molecule has 1 fully saturated rings. The molecular formula is C15H22N4O2. The Labute approximate surface area is 124 Å². The molecule has 1 aromatic rings. The number of rotatable bonds is 4. The molecule has 6 heteroatoms. The average Bonchev–Trinajstić information content (AvgIpc) is 2.43. The summed E-state index contributed by atoms with van der Waals surface area (Å²) in [7, 11) is 0. The maximum absolute atomic E-state index is 12.0. The lowest BCUT2D eigenvalue weighted by molar-refractivity contribution is -0.121. The molecule has 1 aliphatic rings. The van der Waals surface area contributed by atoms with E-state index in [9.17, 15) is 9.59 Å². The van der Waals surface area contributed by atoms with Gasteiger partial charge < -0.3 is 16.4 Å². The number of piperidine rings is 1. The summed E-state index contributed by atoms with van der Waals surface area (Å²) >= 11 is 0. The van der Waals surface area contributed by atoms with Gasteiger partial charge in [-0.15, -0.1) is 0 Å². The number of para-hydroxylation sites is 2. The molecule has 6 nitrogen and oxygen atoms in total. The minimum Gasteiger partial charge on any atom is -0.397 e. The molecule has 0 atom stereocenters. The number of carbonyl (C=O) groups is 2. The topological polar surface area (TPSA) is 87.5 Å². The third-order valence-corrected chi connectivity index (χ3v) is 3.60. The van der Waals surface area contributed by atoms with E-state index in [1.54, 1.807) is 12.1 Å². The van der Waals surface area contributed by atoms with E-state index in [1.165, 1.54) is 6.92 Å². The molecule has 0 radical (unpaired) electrons. The highest BCUT2D eigenvalue weighted by Gasteiger charge is 2.21. The standard InChI is InChI=1S/C15H22N4O2/c1-11(20)17-12-6-8-19(9-7-12)10-15(21)18-14-5-3-2-4-13(14)16/h2-5,12H,6-10,16H2,1H3,(H,17,20)(H,18,21). The SMILES string of the molecule is CC(=O)NC1CCN(CC(=O)Nc2ccccc2N)CC1. The molecule has 0 aromatic heterocycles. The van der Waals surface area contributed by atoms with Crippen molar-refractivity contribution in [2.24, 2.45) is 0 Å². The zero-order valence-electron chi connectivity index (χ0n) is 12.3.